The van der Waals surface area contributed by atoms with Crippen LogP contribution in [0.1, 0.15) is 18.0 Å². The minimum atomic E-state index is 0.336. The molecule has 0 saturated carbocycles. The van der Waals surface area contributed by atoms with Gasteiger partial charge in [0.2, 0.25) is 0 Å². The Hall–Kier alpha value is -1.41. The van der Waals surface area contributed by atoms with Gasteiger partial charge in [-0.1, -0.05) is 36.4 Å². The summed E-state index contributed by atoms with van der Waals surface area (Å²) in [5, 5.41) is 0. The molecule has 1 aromatic carbocycles. The molecule has 1 rings (SSSR count). The fraction of sp³-hybridized carbons (Fsp3) is 0.308. The summed E-state index contributed by atoms with van der Waals surface area (Å²) in [6.45, 7) is 0. The topological polar surface area (TPSA) is 20.3 Å². The maximum absolute atomic E-state index is 10.2. The number of benzene rings is 1. The molecule has 2 heteroatoms. The SMILES string of the molecule is CN(C)C(CC=CC=O)c1ccccc1. The van der Waals surface area contributed by atoms with Crippen LogP contribution in [0.25, 0.3) is 0 Å². The van der Waals surface area contributed by atoms with Gasteiger partial charge in [-0.05, 0) is 32.2 Å². The van der Waals surface area contributed by atoms with Gasteiger partial charge in [-0.25, -0.2) is 0 Å². The number of nitrogens with zero attached hydrogens (tertiary/aromatic N) is 1. The molecule has 0 aliphatic rings. The second-order valence-corrected chi connectivity index (χ2v) is 3.69. The van der Waals surface area contributed by atoms with Crippen molar-refractivity contribution in [2.75, 3.05) is 14.1 Å². The van der Waals surface area contributed by atoms with E-state index in [1.54, 1.807) is 6.08 Å². The fourth-order valence-corrected chi connectivity index (χ4v) is 1.58. The lowest BCUT2D eigenvalue weighted by molar-refractivity contribution is -0.104. The summed E-state index contributed by atoms with van der Waals surface area (Å²) in [6, 6.07) is 10.6. The Morgan fingerprint density at radius 3 is 2.47 bits per heavy atom. The van der Waals surface area contributed by atoms with Crippen molar-refractivity contribution in [2.24, 2.45) is 0 Å². The van der Waals surface area contributed by atoms with Gasteiger partial charge < -0.3 is 4.90 Å². The van der Waals surface area contributed by atoms with Gasteiger partial charge in [-0.2, -0.15) is 0 Å². The molecule has 0 aliphatic heterocycles. The molecule has 0 saturated heterocycles. The first-order valence-corrected chi connectivity index (χ1v) is 5.07. The molecule has 1 aromatic rings. The smallest absolute Gasteiger partial charge is 0.142 e. The highest BCUT2D eigenvalue weighted by Gasteiger charge is 2.11. The van der Waals surface area contributed by atoms with Gasteiger partial charge in [0.1, 0.15) is 6.29 Å². The zero-order valence-electron chi connectivity index (χ0n) is 9.26. The Labute approximate surface area is 91.2 Å². The lowest BCUT2D eigenvalue weighted by atomic mass is 10.0. The fourth-order valence-electron chi connectivity index (χ4n) is 1.58. The highest BCUT2D eigenvalue weighted by Crippen LogP contribution is 2.21. The van der Waals surface area contributed by atoms with Gasteiger partial charge >= 0.3 is 0 Å². The van der Waals surface area contributed by atoms with Crippen molar-refractivity contribution in [3.63, 3.8) is 0 Å². The van der Waals surface area contributed by atoms with Crippen molar-refractivity contribution in [2.45, 2.75) is 12.5 Å². The van der Waals surface area contributed by atoms with Crippen LogP contribution in [0, 0.1) is 0 Å². The summed E-state index contributed by atoms with van der Waals surface area (Å²) in [7, 11) is 4.10. The second-order valence-electron chi connectivity index (χ2n) is 3.69. The van der Waals surface area contributed by atoms with Gasteiger partial charge in [0.25, 0.3) is 0 Å². The van der Waals surface area contributed by atoms with Crippen molar-refractivity contribution >= 4 is 6.29 Å². The Morgan fingerprint density at radius 2 is 1.93 bits per heavy atom. The molecule has 0 aromatic heterocycles. The summed E-state index contributed by atoms with van der Waals surface area (Å²) in [5.74, 6) is 0. The Bertz CT molecular complexity index is 317. The second kappa shape index (κ2) is 6.14. The number of rotatable bonds is 5. The number of hydrogen-bond acceptors (Lipinski definition) is 2. The quantitative estimate of drug-likeness (QED) is 0.541. The number of hydrogen-bond donors (Lipinski definition) is 0. The van der Waals surface area contributed by atoms with E-state index >= 15 is 0 Å². The van der Waals surface area contributed by atoms with E-state index in [2.05, 4.69) is 17.0 Å². The molecule has 0 bridgehead atoms. The van der Waals surface area contributed by atoms with Crippen molar-refractivity contribution < 1.29 is 4.79 Å². The van der Waals surface area contributed by atoms with Crippen LogP contribution in [0.5, 0.6) is 0 Å². The lowest BCUT2D eigenvalue weighted by Crippen LogP contribution is -2.19. The standard InChI is InChI=1S/C13H17NO/c1-14(2)13(10-6-7-11-15)12-8-4-3-5-9-12/h3-9,11,13H,10H2,1-2H3. The zero-order chi connectivity index (χ0) is 11.1. The summed E-state index contributed by atoms with van der Waals surface area (Å²) < 4.78 is 0. The zero-order valence-corrected chi connectivity index (χ0v) is 9.26. The van der Waals surface area contributed by atoms with Crippen molar-refractivity contribution in [1.29, 1.82) is 0 Å². The minimum Gasteiger partial charge on any atom is -0.302 e. The van der Waals surface area contributed by atoms with E-state index in [9.17, 15) is 4.79 Å². The third-order valence-electron chi connectivity index (χ3n) is 2.38. The molecule has 0 N–H and O–H groups in total. The Morgan fingerprint density at radius 1 is 1.27 bits per heavy atom. The molecule has 1 atom stereocenters. The lowest BCUT2D eigenvalue weighted by Gasteiger charge is -2.23. The van der Waals surface area contributed by atoms with Gasteiger partial charge in [-0.15, -0.1) is 0 Å². The van der Waals surface area contributed by atoms with Crippen LogP contribution < -0.4 is 0 Å². The highest BCUT2D eigenvalue weighted by atomic mass is 16.1. The van der Waals surface area contributed by atoms with E-state index in [1.165, 1.54) is 5.56 Å². The predicted molar refractivity (Wildman–Crippen MR) is 62.7 cm³/mol. The molecule has 1 unspecified atom stereocenters. The number of carbonyl (C=O) groups excluding carboxylic acids is 1. The van der Waals surface area contributed by atoms with E-state index in [0.717, 1.165) is 12.7 Å². The number of allylic oxidation sites excluding steroid dienone is 1. The third-order valence-corrected chi connectivity index (χ3v) is 2.38. The molecular formula is C13H17NO. The average Bonchev–Trinajstić information content (AvgIpc) is 2.25. The average molecular weight is 203 g/mol. The van der Waals surface area contributed by atoms with Crippen LogP contribution in [0.3, 0.4) is 0 Å². The first-order valence-electron chi connectivity index (χ1n) is 5.07. The largest absolute Gasteiger partial charge is 0.302 e. The van der Waals surface area contributed by atoms with Gasteiger partial charge in [0, 0.05) is 6.04 Å². The van der Waals surface area contributed by atoms with Gasteiger partial charge in [-0.3, -0.25) is 4.79 Å². The molecule has 80 valence electrons. The van der Waals surface area contributed by atoms with Gasteiger partial charge in [0.15, 0.2) is 0 Å². The summed E-state index contributed by atoms with van der Waals surface area (Å²) in [4.78, 5) is 12.3. The molecule has 0 radical (unpaired) electrons. The van der Waals surface area contributed by atoms with Gasteiger partial charge in [0.05, 0.1) is 0 Å². The normalized spacial score (nSPS) is 13.3. The van der Waals surface area contributed by atoms with Crippen LogP contribution in [-0.2, 0) is 4.79 Å². The van der Waals surface area contributed by atoms with Crippen molar-refractivity contribution in [3.8, 4) is 0 Å². The summed E-state index contributed by atoms with van der Waals surface area (Å²) in [6.07, 6.45) is 5.14. The molecule has 15 heavy (non-hydrogen) atoms. The van der Waals surface area contributed by atoms with E-state index in [-0.39, 0.29) is 0 Å². The monoisotopic (exact) mass is 203 g/mol. The van der Waals surface area contributed by atoms with E-state index in [1.807, 2.05) is 38.4 Å². The first-order chi connectivity index (χ1) is 7.25. The predicted octanol–water partition coefficient (Wildman–Crippen LogP) is 2.43. The summed E-state index contributed by atoms with van der Waals surface area (Å²) >= 11 is 0. The van der Waals surface area contributed by atoms with E-state index in [4.69, 9.17) is 0 Å². The van der Waals surface area contributed by atoms with Crippen LogP contribution in [0.2, 0.25) is 0 Å². The minimum absolute atomic E-state index is 0.336. The van der Waals surface area contributed by atoms with Crippen LogP contribution in [0.4, 0.5) is 0 Å². The number of aldehydes is 1. The molecule has 0 fully saturated rings. The van der Waals surface area contributed by atoms with E-state index < -0.39 is 0 Å². The third kappa shape index (κ3) is 3.68. The molecular weight excluding hydrogens is 186 g/mol. The van der Waals surface area contributed by atoms with E-state index in [0.29, 0.717) is 6.04 Å². The molecule has 0 aliphatic carbocycles. The van der Waals surface area contributed by atoms with Crippen LogP contribution in [0.15, 0.2) is 42.5 Å². The molecule has 0 amide bonds. The van der Waals surface area contributed by atoms with Crippen LogP contribution in [-0.4, -0.2) is 25.3 Å². The first kappa shape index (κ1) is 11.7. The van der Waals surface area contributed by atoms with Crippen LogP contribution >= 0.6 is 0 Å². The maximum Gasteiger partial charge on any atom is 0.142 e. The molecule has 0 heterocycles. The Balaban J connectivity index is 2.75. The highest BCUT2D eigenvalue weighted by molar-refractivity contribution is 5.64. The van der Waals surface area contributed by atoms with Crippen molar-refractivity contribution in [1.82, 2.24) is 4.90 Å². The summed E-state index contributed by atoms with van der Waals surface area (Å²) in [5.41, 5.74) is 1.28. The molecule has 2 nitrogen and oxygen atoms in total. The Kier molecular flexibility index (Phi) is 4.78. The number of carbonyl (C=O) groups is 1. The maximum atomic E-state index is 10.2. The van der Waals surface area contributed by atoms with Crippen molar-refractivity contribution in [3.05, 3.63) is 48.0 Å². The molecule has 0 spiro atoms.